The van der Waals surface area contributed by atoms with Crippen molar-refractivity contribution in [3.8, 4) is 0 Å². The van der Waals surface area contributed by atoms with E-state index in [1.165, 1.54) is 12.2 Å². The minimum absolute atomic E-state index is 0.0833. The molecule has 8 heavy (non-hydrogen) atoms. The van der Waals surface area contributed by atoms with Gasteiger partial charge in [0.15, 0.2) is 0 Å². The Kier molecular flexibility index (Phi) is 21.0. The molecule has 0 radical (unpaired) electrons. The number of aliphatic hydroxyl groups excluding tert-OH is 1. The summed E-state index contributed by atoms with van der Waals surface area (Å²) in [5.74, 6) is 0. The fraction of sp³-hybridized carbons (Fsp3) is 0.167. The zero-order valence-electron chi connectivity index (χ0n) is 4.71. The lowest BCUT2D eigenvalue weighted by atomic mass is 10.7. The molecule has 0 aliphatic rings. The molecule has 46 valence electrons. The van der Waals surface area contributed by atoms with E-state index in [9.17, 15) is 0 Å². The molecule has 0 aromatic carbocycles. The van der Waals surface area contributed by atoms with Gasteiger partial charge in [-0.2, -0.15) is 0 Å². The second-order valence-electron chi connectivity index (χ2n) is 0.843. The number of carbonyl (C=O) groups excluding carboxylic acids is 1. The van der Waals surface area contributed by atoms with E-state index < -0.39 is 0 Å². The molecule has 0 spiro atoms. The van der Waals surface area contributed by atoms with Gasteiger partial charge in [0.1, 0.15) is 6.29 Å². The van der Waals surface area contributed by atoms with Gasteiger partial charge in [-0.3, -0.25) is 4.79 Å². The van der Waals surface area contributed by atoms with Gasteiger partial charge in [-0.05, 0) is 6.08 Å². The van der Waals surface area contributed by atoms with Crippen molar-refractivity contribution in [3.05, 3.63) is 25.3 Å². The molecule has 0 saturated carbocycles. The van der Waals surface area contributed by atoms with Gasteiger partial charge >= 0.3 is 0 Å². The van der Waals surface area contributed by atoms with Gasteiger partial charge in [0, 0.05) is 0 Å². The summed E-state index contributed by atoms with van der Waals surface area (Å²) in [5.41, 5.74) is 0. The predicted molar refractivity (Wildman–Crippen MR) is 33.5 cm³/mol. The largest absolute Gasteiger partial charge is 0.392 e. The number of aldehydes is 1. The molecule has 0 fully saturated rings. The third kappa shape index (κ3) is 70.1. The van der Waals surface area contributed by atoms with Crippen LogP contribution in [0, 0.1) is 0 Å². The molecular formula is C6H10O2. The lowest BCUT2D eigenvalue weighted by Crippen LogP contribution is -1.62. The van der Waals surface area contributed by atoms with E-state index >= 15 is 0 Å². The van der Waals surface area contributed by atoms with Crippen LogP contribution in [0.2, 0.25) is 0 Å². The van der Waals surface area contributed by atoms with Crippen LogP contribution < -0.4 is 0 Å². The molecule has 0 unspecified atom stereocenters. The molecule has 0 aromatic heterocycles. The highest BCUT2D eigenvalue weighted by molar-refractivity contribution is 5.63. The van der Waals surface area contributed by atoms with E-state index in [4.69, 9.17) is 9.90 Å². The average molecular weight is 114 g/mol. The Morgan fingerprint density at radius 2 is 1.75 bits per heavy atom. The van der Waals surface area contributed by atoms with Gasteiger partial charge in [-0.1, -0.05) is 12.7 Å². The molecule has 0 aliphatic heterocycles. The molecule has 0 bridgehead atoms. The highest BCUT2D eigenvalue weighted by Crippen LogP contribution is 1.46. The van der Waals surface area contributed by atoms with Gasteiger partial charge in [-0.25, -0.2) is 0 Å². The number of carbonyl (C=O) groups is 1. The average Bonchev–Trinajstić information content (AvgIpc) is 1.88. The summed E-state index contributed by atoms with van der Waals surface area (Å²) in [6.45, 7) is 6.42. The van der Waals surface area contributed by atoms with Crippen LogP contribution >= 0.6 is 0 Å². The summed E-state index contributed by atoms with van der Waals surface area (Å²) in [7, 11) is 0. The first kappa shape index (κ1) is 10.2. The first-order valence-electron chi connectivity index (χ1n) is 2.11. The molecule has 0 atom stereocenters. The van der Waals surface area contributed by atoms with Crippen molar-refractivity contribution in [1.82, 2.24) is 0 Å². The monoisotopic (exact) mass is 114 g/mol. The summed E-state index contributed by atoms with van der Waals surface area (Å²) in [6, 6.07) is 0. The summed E-state index contributed by atoms with van der Waals surface area (Å²) in [5, 5.41) is 7.76. The van der Waals surface area contributed by atoms with Crippen molar-refractivity contribution in [2.24, 2.45) is 0 Å². The van der Waals surface area contributed by atoms with Gasteiger partial charge in [0.2, 0.25) is 0 Å². The zero-order chi connectivity index (χ0) is 6.83. The maximum Gasteiger partial charge on any atom is 0.142 e. The third-order valence-electron chi connectivity index (χ3n) is 0.225. The predicted octanol–water partition coefficient (Wildman–Crippen LogP) is 0.536. The quantitative estimate of drug-likeness (QED) is 0.323. The number of aliphatic hydroxyl groups is 1. The maximum atomic E-state index is 9.06. The van der Waals surface area contributed by atoms with Gasteiger partial charge in [0.25, 0.3) is 0 Å². The molecule has 0 aliphatic carbocycles. The Morgan fingerprint density at radius 1 is 1.50 bits per heavy atom. The second-order valence-corrected chi connectivity index (χ2v) is 0.843. The lowest BCUT2D eigenvalue weighted by molar-refractivity contribution is -0.104. The van der Waals surface area contributed by atoms with Crippen LogP contribution in [0.5, 0.6) is 0 Å². The molecule has 1 N–H and O–H groups in total. The van der Waals surface area contributed by atoms with Crippen LogP contribution in [-0.2, 0) is 4.79 Å². The first-order chi connectivity index (χ1) is 3.83. The number of hydrogen-bond donors (Lipinski definition) is 1. The Hall–Kier alpha value is -0.890. The summed E-state index contributed by atoms with van der Waals surface area (Å²) in [4.78, 5) is 9.06. The second kappa shape index (κ2) is 16.5. The van der Waals surface area contributed by atoms with E-state index in [0.717, 1.165) is 0 Å². The maximum absolute atomic E-state index is 9.06. The number of allylic oxidation sites excluding steroid dienone is 1. The van der Waals surface area contributed by atoms with Crippen LogP contribution in [0.15, 0.2) is 25.3 Å². The van der Waals surface area contributed by atoms with E-state index in [1.807, 2.05) is 0 Å². The minimum Gasteiger partial charge on any atom is -0.392 e. The lowest BCUT2D eigenvalue weighted by Gasteiger charge is -1.60. The molecule has 2 heteroatoms. The third-order valence-corrected chi connectivity index (χ3v) is 0.225. The molecule has 0 amide bonds. The van der Waals surface area contributed by atoms with Crippen LogP contribution in [0.25, 0.3) is 0 Å². The van der Waals surface area contributed by atoms with Crippen LogP contribution in [0.4, 0.5) is 0 Å². The number of hydrogen-bond acceptors (Lipinski definition) is 2. The molecule has 0 aromatic rings. The molecule has 2 nitrogen and oxygen atoms in total. The smallest absolute Gasteiger partial charge is 0.142 e. The zero-order valence-corrected chi connectivity index (χ0v) is 4.71. The Labute approximate surface area is 49.1 Å². The molecule has 0 rings (SSSR count). The van der Waals surface area contributed by atoms with Gasteiger partial charge < -0.3 is 5.11 Å². The van der Waals surface area contributed by atoms with Crippen LogP contribution in [-0.4, -0.2) is 18.0 Å². The van der Waals surface area contributed by atoms with Gasteiger partial charge in [-0.15, -0.1) is 6.58 Å². The van der Waals surface area contributed by atoms with Crippen molar-refractivity contribution in [2.75, 3.05) is 6.61 Å². The number of rotatable bonds is 2. The fourth-order valence-corrected chi connectivity index (χ4v) is 0. The van der Waals surface area contributed by atoms with Gasteiger partial charge in [0.05, 0.1) is 6.61 Å². The van der Waals surface area contributed by atoms with E-state index in [0.29, 0.717) is 6.29 Å². The van der Waals surface area contributed by atoms with Crippen molar-refractivity contribution >= 4 is 6.29 Å². The van der Waals surface area contributed by atoms with E-state index in [2.05, 4.69) is 13.2 Å². The Balaban J connectivity index is 0. The van der Waals surface area contributed by atoms with Crippen molar-refractivity contribution < 1.29 is 9.90 Å². The highest BCUT2D eigenvalue weighted by Gasteiger charge is 1.45. The summed E-state index contributed by atoms with van der Waals surface area (Å²) < 4.78 is 0. The van der Waals surface area contributed by atoms with E-state index in [-0.39, 0.29) is 6.61 Å². The van der Waals surface area contributed by atoms with Crippen molar-refractivity contribution in [1.29, 1.82) is 0 Å². The normalized spacial score (nSPS) is 5.62. The highest BCUT2D eigenvalue weighted by atomic mass is 16.2. The topological polar surface area (TPSA) is 37.3 Å². The van der Waals surface area contributed by atoms with Crippen molar-refractivity contribution in [3.63, 3.8) is 0 Å². The standard InChI is InChI=1S/C3H6O.C3H4O/c2*1-2-3-4/h2,4H,1,3H2;2-3H,1H2. The van der Waals surface area contributed by atoms with Crippen LogP contribution in [0.3, 0.4) is 0 Å². The first-order valence-corrected chi connectivity index (χ1v) is 2.11. The molecule has 0 saturated heterocycles. The fourth-order valence-electron chi connectivity index (χ4n) is 0. The summed E-state index contributed by atoms with van der Waals surface area (Å²) >= 11 is 0. The SMILES string of the molecule is C=CC=O.C=CCO. The Morgan fingerprint density at radius 3 is 1.75 bits per heavy atom. The van der Waals surface area contributed by atoms with Crippen molar-refractivity contribution in [2.45, 2.75) is 0 Å². The molecular weight excluding hydrogens is 104 g/mol. The Bertz CT molecular complexity index is 60.9. The summed E-state index contributed by atoms with van der Waals surface area (Å²) in [6.07, 6.45) is 3.26. The molecule has 0 heterocycles. The minimum atomic E-state index is 0.0833. The van der Waals surface area contributed by atoms with Crippen LogP contribution in [0.1, 0.15) is 0 Å². The van der Waals surface area contributed by atoms with E-state index in [1.54, 1.807) is 0 Å².